The van der Waals surface area contributed by atoms with Crippen LogP contribution < -0.4 is 15.0 Å². The van der Waals surface area contributed by atoms with Crippen molar-refractivity contribution in [3.63, 3.8) is 0 Å². The summed E-state index contributed by atoms with van der Waals surface area (Å²) in [6, 6.07) is 7.80. The molecule has 1 aromatic carbocycles. The molecular weight excluding hydrogens is 298 g/mol. The fourth-order valence-corrected chi connectivity index (χ4v) is 4.10. The van der Waals surface area contributed by atoms with Gasteiger partial charge in [0.15, 0.2) is 0 Å². The number of hydrogen-bond acceptors (Lipinski definition) is 4. The Hall–Kier alpha value is -1.68. The number of ether oxygens (including phenoxy) is 1. The summed E-state index contributed by atoms with van der Waals surface area (Å²) in [6.45, 7) is 10.1. The van der Waals surface area contributed by atoms with E-state index in [1.807, 2.05) is 0 Å². The quantitative estimate of drug-likeness (QED) is 0.923. The monoisotopic (exact) mass is 327 g/mol. The summed E-state index contributed by atoms with van der Waals surface area (Å²) < 4.78 is 6.30. The fourth-order valence-electron chi connectivity index (χ4n) is 4.10. The van der Waals surface area contributed by atoms with Crippen LogP contribution in [-0.2, 0) is 6.42 Å². The Morgan fingerprint density at radius 1 is 1.21 bits per heavy atom. The smallest absolute Gasteiger partial charge is 0.120 e. The standard InChI is InChI=1S/C20H29N3O/c1-14(2)22-8-6-18(7-9-22)24-19-4-5-20-16(11-19)10-17-12-21-15(3)13-23(17)20/h4-5,11-12,14-15,18,21H,6-10,13H2,1-3H3/t15-/m1/s1. The highest BCUT2D eigenvalue weighted by Crippen LogP contribution is 2.38. The summed E-state index contributed by atoms with van der Waals surface area (Å²) >= 11 is 0. The van der Waals surface area contributed by atoms with Crippen molar-refractivity contribution in [3.05, 3.63) is 35.7 Å². The van der Waals surface area contributed by atoms with E-state index in [1.54, 1.807) is 0 Å². The molecule has 0 unspecified atom stereocenters. The van der Waals surface area contributed by atoms with Crippen molar-refractivity contribution < 1.29 is 4.74 Å². The van der Waals surface area contributed by atoms with Crippen molar-refractivity contribution in [2.24, 2.45) is 0 Å². The Morgan fingerprint density at radius 3 is 2.75 bits per heavy atom. The van der Waals surface area contributed by atoms with Gasteiger partial charge in [-0.25, -0.2) is 0 Å². The molecule has 3 aliphatic heterocycles. The van der Waals surface area contributed by atoms with E-state index in [1.165, 1.54) is 16.9 Å². The lowest BCUT2D eigenvalue weighted by atomic mass is 10.1. The molecule has 4 rings (SSSR count). The first-order chi connectivity index (χ1) is 11.6. The minimum atomic E-state index is 0.364. The summed E-state index contributed by atoms with van der Waals surface area (Å²) in [5, 5.41) is 3.44. The molecular formula is C20H29N3O. The average molecular weight is 327 g/mol. The van der Waals surface area contributed by atoms with Crippen LogP contribution in [0.3, 0.4) is 0 Å². The minimum Gasteiger partial charge on any atom is -0.490 e. The third kappa shape index (κ3) is 3.00. The molecule has 130 valence electrons. The Bertz CT molecular complexity index is 632. The molecule has 0 radical (unpaired) electrons. The number of piperidine rings is 1. The van der Waals surface area contributed by atoms with Crippen molar-refractivity contribution in [2.75, 3.05) is 24.5 Å². The lowest BCUT2D eigenvalue weighted by Gasteiger charge is -2.34. The van der Waals surface area contributed by atoms with Gasteiger partial charge in [-0.3, -0.25) is 0 Å². The van der Waals surface area contributed by atoms with Crippen LogP contribution in [0, 0.1) is 0 Å². The molecule has 1 saturated heterocycles. The lowest BCUT2D eigenvalue weighted by Crippen LogP contribution is -2.41. The van der Waals surface area contributed by atoms with Crippen LogP contribution in [0.15, 0.2) is 30.1 Å². The van der Waals surface area contributed by atoms with Gasteiger partial charge in [0.2, 0.25) is 0 Å². The molecule has 4 heteroatoms. The second-order valence-electron chi connectivity index (χ2n) is 7.73. The normalized spacial score (nSPS) is 24.4. The molecule has 1 fully saturated rings. The lowest BCUT2D eigenvalue weighted by molar-refractivity contribution is 0.0843. The Kier molecular flexibility index (Phi) is 4.17. The topological polar surface area (TPSA) is 27.7 Å². The number of anilines is 1. The average Bonchev–Trinajstić information content (AvgIpc) is 2.92. The second-order valence-corrected chi connectivity index (χ2v) is 7.73. The molecule has 0 amide bonds. The van der Waals surface area contributed by atoms with Crippen LogP contribution in [0.5, 0.6) is 5.75 Å². The van der Waals surface area contributed by atoms with Crippen LogP contribution >= 0.6 is 0 Å². The Labute approximate surface area is 145 Å². The van der Waals surface area contributed by atoms with Crippen LogP contribution in [0.25, 0.3) is 0 Å². The van der Waals surface area contributed by atoms with E-state index in [0.717, 1.165) is 44.6 Å². The van der Waals surface area contributed by atoms with Gasteiger partial charge in [0.1, 0.15) is 11.9 Å². The number of allylic oxidation sites excluding steroid dienone is 1. The first kappa shape index (κ1) is 15.8. The maximum atomic E-state index is 6.30. The molecule has 0 bridgehead atoms. The highest BCUT2D eigenvalue weighted by molar-refractivity contribution is 5.67. The molecule has 0 spiro atoms. The number of rotatable bonds is 3. The summed E-state index contributed by atoms with van der Waals surface area (Å²) in [5.74, 6) is 1.04. The Balaban J connectivity index is 1.43. The largest absolute Gasteiger partial charge is 0.490 e. The van der Waals surface area contributed by atoms with E-state index in [2.05, 4.69) is 60.3 Å². The van der Waals surface area contributed by atoms with Gasteiger partial charge in [0, 0.05) is 55.7 Å². The zero-order valence-corrected chi connectivity index (χ0v) is 15.1. The number of benzene rings is 1. The minimum absolute atomic E-state index is 0.364. The van der Waals surface area contributed by atoms with Gasteiger partial charge in [0.25, 0.3) is 0 Å². The van der Waals surface area contributed by atoms with Gasteiger partial charge >= 0.3 is 0 Å². The first-order valence-corrected chi connectivity index (χ1v) is 9.36. The third-order valence-corrected chi connectivity index (χ3v) is 5.56. The van der Waals surface area contributed by atoms with Crippen LogP contribution in [0.1, 0.15) is 39.2 Å². The van der Waals surface area contributed by atoms with Crippen molar-refractivity contribution in [1.29, 1.82) is 0 Å². The SMILES string of the molecule is CC(C)N1CCC(Oc2ccc3c(c2)CC2=CN[C@H](C)CN23)CC1. The maximum absolute atomic E-state index is 6.30. The van der Waals surface area contributed by atoms with Crippen LogP contribution in [-0.4, -0.2) is 42.7 Å². The zero-order chi connectivity index (χ0) is 16.7. The third-order valence-electron chi connectivity index (χ3n) is 5.56. The van der Waals surface area contributed by atoms with Gasteiger partial charge in [-0.2, -0.15) is 0 Å². The van der Waals surface area contributed by atoms with Crippen molar-refractivity contribution in [3.8, 4) is 5.75 Å². The molecule has 0 saturated carbocycles. The van der Waals surface area contributed by atoms with E-state index in [9.17, 15) is 0 Å². The van der Waals surface area contributed by atoms with E-state index >= 15 is 0 Å². The maximum Gasteiger partial charge on any atom is 0.120 e. The van der Waals surface area contributed by atoms with Crippen molar-refractivity contribution >= 4 is 5.69 Å². The van der Waals surface area contributed by atoms with Crippen molar-refractivity contribution in [2.45, 2.75) is 58.2 Å². The number of fused-ring (bicyclic) bond motifs is 3. The summed E-state index contributed by atoms with van der Waals surface area (Å²) in [7, 11) is 0. The van der Waals surface area contributed by atoms with Gasteiger partial charge in [-0.05, 0) is 57.4 Å². The molecule has 3 aliphatic rings. The summed E-state index contributed by atoms with van der Waals surface area (Å²) in [6.07, 6.45) is 5.82. The molecule has 24 heavy (non-hydrogen) atoms. The molecule has 4 nitrogen and oxygen atoms in total. The molecule has 0 aliphatic carbocycles. The van der Waals surface area contributed by atoms with Crippen molar-refractivity contribution in [1.82, 2.24) is 10.2 Å². The second kappa shape index (κ2) is 6.32. The van der Waals surface area contributed by atoms with Gasteiger partial charge < -0.3 is 19.9 Å². The first-order valence-electron chi connectivity index (χ1n) is 9.36. The predicted molar refractivity (Wildman–Crippen MR) is 98.5 cm³/mol. The summed E-state index contributed by atoms with van der Waals surface area (Å²) in [5.41, 5.74) is 4.14. The highest BCUT2D eigenvalue weighted by atomic mass is 16.5. The summed E-state index contributed by atoms with van der Waals surface area (Å²) in [4.78, 5) is 4.99. The number of hydrogen-bond donors (Lipinski definition) is 1. The predicted octanol–water partition coefficient (Wildman–Crippen LogP) is 3.13. The Morgan fingerprint density at radius 2 is 2.00 bits per heavy atom. The van der Waals surface area contributed by atoms with Crippen LogP contribution in [0.4, 0.5) is 5.69 Å². The fraction of sp³-hybridized carbons (Fsp3) is 0.600. The molecule has 1 atom stereocenters. The number of nitrogens with one attached hydrogen (secondary N) is 1. The molecule has 1 N–H and O–H groups in total. The number of likely N-dealkylation sites (tertiary alicyclic amines) is 1. The zero-order valence-electron chi connectivity index (χ0n) is 15.1. The molecule has 1 aromatic rings. The highest BCUT2D eigenvalue weighted by Gasteiger charge is 2.29. The van der Waals surface area contributed by atoms with E-state index < -0.39 is 0 Å². The molecule has 3 heterocycles. The van der Waals surface area contributed by atoms with E-state index in [-0.39, 0.29) is 0 Å². The number of nitrogens with zero attached hydrogens (tertiary/aromatic N) is 2. The van der Waals surface area contributed by atoms with Gasteiger partial charge in [-0.15, -0.1) is 0 Å². The van der Waals surface area contributed by atoms with Crippen LogP contribution in [0.2, 0.25) is 0 Å². The van der Waals surface area contributed by atoms with Gasteiger partial charge in [0.05, 0.1) is 0 Å². The van der Waals surface area contributed by atoms with Gasteiger partial charge in [-0.1, -0.05) is 0 Å². The molecule has 0 aromatic heterocycles. The van der Waals surface area contributed by atoms with E-state index in [4.69, 9.17) is 4.74 Å². The van der Waals surface area contributed by atoms with E-state index in [0.29, 0.717) is 18.2 Å².